The number of nitrogens with one attached hydrogen (secondary N) is 1. The number of hydrogen-bond donors (Lipinski definition) is 4. The third kappa shape index (κ3) is 4.91. The third-order valence-corrected chi connectivity index (χ3v) is 2.53. The third-order valence-electron chi connectivity index (χ3n) is 2.53. The van der Waals surface area contributed by atoms with E-state index in [1.165, 1.54) is 12.1 Å². The summed E-state index contributed by atoms with van der Waals surface area (Å²) in [7, 11) is 3.82. The van der Waals surface area contributed by atoms with E-state index in [1.54, 1.807) is 13.0 Å². The quantitative estimate of drug-likeness (QED) is 0.556. The maximum Gasteiger partial charge on any atom is 0.157 e. The molecule has 0 aromatic heterocycles. The summed E-state index contributed by atoms with van der Waals surface area (Å²) in [5.41, 5.74) is 0.0496. The molecular weight excluding hydrogens is 232 g/mol. The second-order valence-corrected chi connectivity index (χ2v) is 5.16. The van der Waals surface area contributed by atoms with Crippen LogP contribution in [-0.4, -0.2) is 53.0 Å². The van der Waals surface area contributed by atoms with E-state index in [9.17, 15) is 15.3 Å². The maximum absolute atomic E-state index is 10.1. The van der Waals surface area contributed by atoms with Gasteiger partial charge in [0.2, 0.25) is 0 Å². The smallest absolute Gasteiger partial charge is 0.157 e. The molecule has 0 bridgehead atoms. The molecule has 0 heterocycles. The Morgan fingerprint density at radius 2 is 1.89 bits per heavy atom. The number of aromatic hydroxyl groups is 2. The zero-order valence-corrected chi connectivity index (χ0v) is 11.1. The molecule has 18 heavy (non-hydrogen) atoms. The molecule has 0 saturated heterocycles. The highest BCUT2D eigenvalue weighted by molar-refractivity contribution is 5.40. The van der Waals surface area contributed by atoms with Crippen LogP contribution in [0.25, 0.3) is 0 Å². The highest BCUT2D eigenvalue weighted by Crippen LogP contribution is 2.24. The molecule has 1 rings (SSSR count). The van der Waals surface area contributed by atoms with E-state index >= 15 is 0 Å². The molecule has 0 aliphatic heterocycles. The number of benzene rings is 1. The molecule has 102 valence electrons. The molecule has 0 amide bonds. The molecule has 5 heteroatoms. The average molecular weight is 254 g/mol. The van der Waals surface area contributed by atoms with Crippen LogP contribution in [0.5, 0.6) is 11.5 Å². The summed E-state index contributed by atoms with van der Waals surface area (Å²) in [6, 6.07) is 4.68. The number of nitrogens with zero attached hydrogens (tertiary/aromatic N) is 1. The lowest BCUT2D eigenvalue weighted by molar-refractivity contribution is 0.0336. The van der Waals surface area contributed by atoms with Gasteiger partial charge in [-0.2, -0.15) is 0 Å². The second kappa shape index (κ2) is 6.04. The topological polar surface area (TPSA) is 76.0 Å². The Kier molecular flexibility index (Phi) is 4.95. The van der Waals surface area contributed by atoms with E-state index in [4.69, 9.17) is 0 Å². The lowest BCUT2D eigenvalue weighted by Gasteiger charge is -2.27. The van der Waals surface area contributed by atoms with E-state index in [-0.39, 0.29) is 11.5 Å². The van der Waals surface area contributed by atoms with Crippen LogP contribution in [0.1, 0.15) is 12.5 Å². The van der Waals surface area contributed by atoms with Crippen LogP contribution in [0.4, 0.5) is 0 Å². The standard InChI is InChI=1S/C13H22N2O3/c1-13(18,9-15(2)3)8-14-7-10-4-5-11(16)12(17)6-10/h4-6,14,16-18H,7-9H2,1-3H3. The molecule has 5 nitrogen and oxygen atoms in total. The molecule has 0 aliphatic rings. The van der Waals surface area contributed by atoms with Gasteiger partial charge in [-0.3, -0.25) is 0 Å². The van der Waals surface area contributed by atoms with Crippen molar-refractivity contribution in [3.8, 4) is 11.5 Å². The normalized spacial score (nSPS) is 14.7. The van der Waals surface area contributed by atoms with Crippen LogP contribution in [0.15, 0.2) is 18.2 Å². The highest BCUT2D eigenvalue weighted by atomic mass is 16.3. The fourth-order valence-corrected chi connectivity index (χ4v) is 1.89. The summed E-state index contributed by atoms with van der Waals surface area (Å²) in [6.45, 7) is 3.32. The van der Waals surface area contributed by atoms with E-state index in [0.717, 1.165) is 5.56 Å². The van der Waals surface area contributed by atoms with Gasteiger partial charge in [-0.15, -0.1) is 0 Å². The minimum absolute atomic E-state index is 0.127. The molecule has 0 radical (unpaired) electrons. The van der Waals surface area contributed by atoms with Crippen molar-refractivity contribution in [1.82, 2.24) is 10.2 Å². The number of likely N-dealkylation sites (N-methyl/N-ethyl adjacent to an activating group) is 1. The van der Waals surface area contributed by atoms with Gasteiger partial charge in [0.05, 0.1) is 5.60 Å². The fraction of sp³-hybridized carbons (Fsp3) is 0.538. The number of phenols is 2. The van der Waals surface area contributed by atoms with Crippen molar-refractivity contribution in [1.29, 1.82) is 0 Å². The number of rotatable bonds is 6. The first-order valence-electron chi connectivity index (χ1n) is 5.89. The summed E-state index contributed by atoms with van der Waals surface area (Å²) in [5.74, 6) is -0.257. The van der Waals surface area contributed by atoms with Crippen LogP contribution in [0.2, 0.25) is 0 Å². The van der Waals surface area contributed by atoms with Crippen molar-refractivity contribution in [3.05, 3.63) is 23.8 Å². The monoisotopic (exact) mass is 254 g/mol. The Bertz CT molecular complexity index is 392. The predicted molar refractivity (Wildman–Crippen MR) is 70.7 cm³/mol. The van der Waals surface area contributed by atoms with Crippen LogP contribution in [-0.2, 0) is 6.54 Å². The van der Waals surface area contributed by atoms with Crippen molar-refractivity contribution < 1.29 is 15.3 Å². The van der Waals surface area contributed by atoms with Crippen molar-refractivity contribution >= 4 is 0 Å². The van der Waals surface area contributed by atoms with Crippen molar-refractivity contribution in [2.75, 3.05) is 27.2 Å². The van der Waals surface area contributed by atoms with Crippen molar-refractivity contribution in [2.24, 2.45) is 0 Å². The minimum atomic E-state index is -0.803. The van der Waals surface area contributed by atoms with E-state index < -0.39 is 5.60 Å². The van der Waals surface area contributed by atoms with Gasteiger partial charge < -0.3 is 25.5 Å². The maximum atomic E-state index is 10.1. The summed E-state index contributed by atoms with van der Waals surface area (Å²) < 4.78 is 0. The van der Waals surface area contributed by atoms with E-state index in [2.05, 4.69) is 5.32 Å². The Hall–Kier alpha value is -1.30. The van der Waals surface area contributed by atoms with Gasteiger partial charge in [0, 0.05) is 19.6 Å². The minimum Gasteiger partial charge on any atom is -0.504 e. The van der Waals surface area contributed by atoms with Crippen LogP contribution < -0.4 is 5.32 Å². The van der Waals surface area contributed by atoms with Crippen molar-refractivity contribution in [2.45, 2.75) is 19.1 Å². The number of hydrogen-bond acceptors (Lipinski definition) is 5. The van der Waals surface area contributed by atoms with Gasteiger partial charge in [-0.05, 0) is 38.7 Å². The van der Waals surface area contributed by atoms with E-state index in [0.29, 0.717) is 19.6 Å². The molecule has 4 N–H and O–H groups in total. The zero-order chi connectivity index (χ0) is 13.8. The molecule has 1 atom stereocenters. The molecule has 1 aromatic carbocycles. The fourth-order valence-electron chi connectivity index (χ4n) is 1.89. The molecule has 1 unspecified atom stereocenters. The predicted octanol–water partition coefficient (Wildman–Crippen LogP) is 0.500. The van der Waals surface area contributed by atoms with Gasteiger partial charge in [0.15, 0.2) is 11.5 Å². The van der Waals surface area contributed by atoms with Crippen molar-refractivity contribution in [3.63, 3.8) is 0 Å². The van der Waals surface area contributed by atoms with Gasteiger partial charge in [0.1, 0.15) is 0 Å². The molecule has 1 aromatic rings. The number of aliphatic hydroxyl groups is 1. The first-order chi connectivity index (χ1) is 8.30. The summed E-state index contributed by atoms with van der Waals surface area (Å²) in [5, 5.41) is 31.7. The Morgan fingerprint density at radius 1 is 1.22 bits per heavy atom. The van der Waals surface area contributed by atoms with Crippen LogP contribution in [0.3, 0.4) is 0 Å². The molecular formula is C13H22N2O3. The largest absolute Gasteiger partial charge is 0.504 e. The van der Waals surface area contributed by atoms with Crippen LogP contribution in [0, 0.1) is 0 Å². The first-order valence-corrected chi connectivity index (χ1v) is 5.89. The lowest BCUT2D eigenvalue weighted by atomic mass is 10.1. The molecule has 0 aliphatic carbocycles. The molecule has 0 spiro atoms. The SMILES string of the molecule is CN(C)CC(C)(O)CNCc1ccc(O)c(O)c1. The number of phenolic OH excluding ortho intramolecular Hbond substituents is 2. The highest BCUT2D eigenvalue weighted by Gasteiger charge is 2.20. The Labute approximate surface area is 108 Å². The van der Waals surface area contributed by atoms with Gasteiger partial charge in [0.25, 0.3) is 0 Å². The first kappa shape index (κ1) is 14.8. The Morgan fingerprint density at radius 3 is 2.44 bits per heavy atom. The molecule has 0 fully saturated rings. The average Bonchev–Trinajstić information content (AvgIpc) is 2.21. The van der Waals surface area contributed by atoms with E-state index in [1.807, 2.05) is 19.0 Å². The molecule has 0 saturated carbocycles. The lowest BCUT2D eigenvalue weighted by Crippen LogP contribution is -2.45. The summed E-state index contributed by atoms with van der Waals surface area (Å²) in [4.78, 5) is 1.92. The van der Waals surface area contributed by atoms with Crippen LogP contribution >= 0.6 is 0 Å². The second-order valence-electron chi connectivity index (χ2n) is 5.16. The van der Waals surface area contributed by atoms with Gasteiger partial charge >= 0.3 is 0 Å². The van der Waals surface area contributed by atoms with Gasteiger partial charge in [-0.25, -0.2) is 0 Å². The zero-order valence-electron chi connectivity index (χ0n) is 11.1. The Balaban J connectivity index is 2.43. The summed E-state index contributed by atoms with van der Waals surface area (Å²) in [6.07, 6.45) is 0. The summed E-state index contributed by atoms with van der Waals surface area (Å²) >= 11 is 0. The van der Waals surface area contributed by atoms with Gasteiger partial charge in [-0.1, -0.05) is 6.07 Å².